The van der Waals surface area contributed by atoms with E-state index in [-0.39, 0.29) is 0 Å². The minimum atomic E-state index is 0.824. The topological polar surface area (TPSA) is 0 Å². The van der Waals surface area contributed by atoms with Crippen molar-refractivity contribution >= 4 is 17.7 Å². The lowest BCUT2D eigenvalue weighted by atomic mass is 10.1. The van der Waals surface area contributed by atoms with Crippen LogP contribution in [0, 0.1) is 0 Å². The summed E-state index contributed by atoms with van der Waals surface area (Å²) >= 11 is 5.64. The van der Waals surface area contributed by atoms with Gasteiger partial charge in [0.25, 0.3) is 0 Å². The molecule has 0 spiro atoms. The fourth-order valence-electron chi connectivity index (χ4n) is 2.02. The Balaban J connectivity index is 1.91. The molecular weight excluding hydrogens is 240 g/mol. The average molecular weight is 265 g/mol. The first-order valence-electron chi connectivity index (χ1n) is 7.21. The molecule has 100 valence electrons. The van der Waals surface area contributed by atoms with Crippen molar-refractivity contribution in [3.63, 3.8) is 0 Å². The minimum Gasteiger partial charge on any atom is -0.127 e. The van der Waals surface area contributed by atoms with E-state index in [9.17, 15) is 0 Å². The summed E-state index contributed by atoms with van der Waals surface area (Å²) in [5.41, 5.74) is 1.30. The van der Waals surface area contributed by atoms with E-state index >= 15 is 0 Å². The van der Waals surface area contributed by atoms with Crippen LogP contribution < -0.4 is 0 Å². The zero-order valence-electron chi connectivity index (χ0n) is 11.3. The molecule has 0 aromatic heterocycles. The van der Waals surface area contributed by atoms with Gasteiger partial charge in [-0.1, -0.05) is 74.6 Å². The molecule has 0 amide bonds. The maximum absolute atomic E-state index is 5.64. The Morgan fingerprint density at radius 1 is 0.778 bits per heavy atom. The van der Waals surface area contributed by atoms with Gasteiger partial charge in [0.05, 0.1) is 0 Å². The van der Waals surface area contributed by atoms with E-state index in [1.54, 1.807) is 0 Å². The van der Waals surface area contributed by atoms with Crippen molar-refractivity contribution in [3.8, 4) is 0 Å². The molecule has 0 aliphatic heterocycles. The third-order valence-corrected chi connectivity index (χ3v) is 3.38. The van der Waals surface area contributed by atoms with Crippen LogP contribution in [0.1, 0.15) is 56.9 Å². The van der Waals surface area contributed by atoms with Crippen LogP contribution in [0.15, 0.2) is 36.4 Å². The molecule has 0 nitrogen and oxygen atoms in total. The molecule has 0 fully saturated rings. The lowest BCUT2D eigenvalue weighted by molar-refractivity contribution is 0.593. The van der Waals surface area contributed by atoms with E-state index < -0.39 is 0 Å². The van der Waals surface area contributed by atoms with Gasteiger partial charge < -0.3 is 0 Å². The molecule has 1 aromatic carbocycles. The van der Waals surface area contributed by atoms with E-state index in [1.807, 2.05) is 0 Å². The van der Waals surface area contributed by atoms with Crippen LogP contribution in [0.4, 0.5) is 0 Å². The van der Waals surface area contributed by atoms with Gasteiger partial charge in [-0.05, 0) is 24.8 Å². The Morgan fingerprint density at radius 2 is 1.39 bits per heavy atom. The molecule has 0 saturated carbocycles. The first kappa shape index (κ1) is 15.3. The molecule has 0 unspecified atom stereocenters. The molecule has 18 heavy (non-hydrogen) atoms. The second-order valence-electron chi connectivity index (χ2n) is 4.77. The number of hydrogen-bond acceptors (Lipinski definition) is 0. The van der Waals surface area contributed by atoms with Crippen molar-refractivity contribution in [2.45, 2.75) is 51.4 Å². The second kappa shape index (κ2) is 11.3. The van der Waals surface area contributed by atoms with E-state index in [0.29, 0.717) is 0 Å². The normalized spacial score (nSPS) is 11.2. The molecule has 0 bridgehead atoms. The molecular formula is C17H25Cl. The molecule has 0 aliphatic rings. The standard InChI is InChI=1S/C17H25Cl/c18-16-12-7-5-3-1-2-4-6-9-13-17-14-10-8-11-15-17/h8-11,13-15H,1-7,12,16H2/b13-9+. The number of halogens is 1. The predicted octanol–water partition coefficient (Wildman–Crippen LogP) is 6.06. The van der Waals surface area contributed by atoms with Crippen LogP contribution in [0.3, 0.4) is 0 Å². The third-order valence-electron chi connectivity index (χ3n) is 3.11. The van der Waals surface area contributed by atoms with Gasteiger partial charge in [0, 0.05) is 5.88 Å². The summed E-state index contributed by atoms with van der Waals surface area (Å²) in [5.74, 6) is 0.824. The Kier molecular flexibility index (Phi) is 9.65. The molecule has 1 rings (SSSR count). The Labute approximate surface area is 117 Å². The SMILES string of the molecule is ClCCCCCCCCC/C=C/c1ccccc1. The summed E-state index contributed by atoms with van der Waals surface area (Å²) < 4.78 is 0. The summed E-state index contributed by atoms with van der Waals surface area (Å²) in [4.78, 5) is 0. The van der Waals surface area contributed by atoms with E-state index in [1.165, 1.54) is 56.9 Å². The molecule has 0 saturated heterocycles. The maximum Gasteiger partial charge on any atom is 0.0223 e. The monoisotopic (exact) mass is 264 g/mol. The largest absolute Gasteiger partial charge is 0.127 e. The van der Waals surface area contributed by atoms with E-state index in [2.05, 4.69) is 42.5 Å². The van der Waals surface area contributed by atoms with Crippen LogP contribution in [-0.4, -0.2) is 5.88 Å². The minimum absolute atomic E-state index is 0.824. The van der Waals surface area contributed by atoms with E-state index in [0.717, 1.165) is 5.88 Å². The second-order valence-corrected chi connectivity index (χ2v) is 5.14. The van der Waals surface area contributed by atoms with Crippen molar-refractivity contribution in [1.82, 2.24) is 0 Å². The Bertz CT molecular complexity index is 303. The highest BCUT2D eigenvalue weighted by molar-refractivity contribution is 6.17. The number of hydrogen-bond donors (Lipinski definition) is 0. The molecule has 0 heterocycles. The smallest absolute Gasteiger partial charge is 0.0223 e. The van der Waals surface area contributed by atoms with Gasteiger partial charge in [0.2, 0.25) is 0 Å². The van der Waals surface area contributed by atoms with Crippen molar-refractivity contribution in [1.29, 1.82) is 0 Å². The zero-order chi connectivity index (χ0) is 12.9. The predicted molar refractivity (Wildman–Crippen MR) is 83.1 cm³/mol. The number of unbranched alkanes of at least 4 members (excludes halogenated alkanes) is 7. The van der Waals surface area contributed by atoms with E-state index in [4.69, 9.17) is 11.6 Å². The summed E-state index contributed by atoms with van der Waals surface area (Å²) in [6.45, 7) is 0. The van der Waals surface area contributed by atoms with Crippen molar-refractivity contribution < 1.29 is 0 Å². The van der Waals surface area contributed by atoms with Gasteiger partial charge in [-0.3, -0.25) is 0 Å². The Morgan fingerprint density at radius 3 is 2.06 bits per heavy atom. The highest BCUT2D eigenvalue weighted by atomic mass is 35.5. The highest BCUT2D eigenvalue weighted by Crippen LogP contribution is 2.10. The number of allylic oxidation sites excluding steroid dienone is 1. The molecule has 0 aliphatic carbocycles. The summed E-state index contributed by atoms with van der Waals surface area (Å²) in [6, 6.07) is 10.5. The van der Waals surface area contributed by atoms with Crippen LogP contribution in [0.5, 0.6) is 0 Å². The lowest BCUT2D eigenvalue weighted by Crippen LogP contribution is -1.81. The third kappa shape index (κ3) is 8.36. The molecule has 0 radical (unpaired) electrons. The Hall–Kier alpha value is -0.750. The quantitative estimate of drug-likeness (QED) is 0.356. The van der Waals surface area contributed by atoms with Gasteiger partial charge in [-0.15, -0.1) is 11.6 Å². The van der Waals surface area contributed by atoms with Crippen LogP contribution >= 0.6 is 11.6 Å². The lowest BCUT2D eigenvalue weighted by Gasteiger charge is -1.99. The highest BCUT2D eigenvalue weighted by Gasteiger charge is 1.90. The van der Waals surface area contributed by atoms with Crippen LogP contribution in [0.25, 0.3) is 6.08 Å². The number of alkyl halides is 1. The fraction of sp³-hybridized carbons (Fsp3) is 0.529. The summed E-state index contributed by atoms with van der Waals surface area (Å²) in [5, 5.41) is 0. The van der Waals surface area contributed by atoms with Crippen molar-refractivity contribution in [2.75, 3.05) is 5.88 Å². The first-order valence-corrected chi connectivity index (χ1v) is 7.74. The zero-order valence-corrected chi connectivity index (χ0v) is 12.0. The molecule has 0 atom stereocenters. The van der Waals surface area contributed by atoms with Crippen molar-refractivity contribution in [2.24, 2.45) is 0 Å². The maximum atomic E-state index is 5.64. The summed E-state index contributed by atoms with van der Waals surface area (Å²) in [7, 11) is 0. The average Bonchev–Trinajstić information content (AvgIpc) is 2.42. The summed E-state index contributed by atoms with van der Waals surface area (Å²) in [6.07, 6.45) is 15.0. The fourth-order valence-corrected chi connectivity index (χ4v) is 2.21. The molecule has 1 aromatic rings. The van der Waals surface area contributed by atoms with Crippen molar-refractivity contribution in [3.05, 3.63) is 42.0 Å². The molecule has 1 heteroatoms. The van der Waals surface area contributed by atoms with Crippen LogP contribution in [-0.2, 0) is 0 Å². The van der Waals surface area contributed by atoms with Gasteiger partial charge >= 0.3 is 0 Å². The number of benzene rings is 1. The first-order chi connectivity index (χ1) is 8.93. The van der Waals surface area contributed by atoms with Gasteiger partial charge in [-0.2, -0.15) is 0 Å². The molecule has 0 N–H and O–H groups in total. The number of rotatable bonds is 10. The van der Waals surface area contributed by atoms with Gasteiger partial charge in [-0.25, -0.2) is 0 Å². The van der Waals surface area contributed by atoms with Gasteiger partial charge in [0.15, 0.2) is 0 Å². The van der Waals surface area contributed by atoms with Crippen LogP contribution in [0.2, 0.25) is 0 Å². The van der Waals surface area contributed by atoms with Gasteiger partial charge in [0.1, 0.15) is 0 Å².